The second-order valence-electron chi connectivity index (χ2n) is 3.27. The Labute approximate surface area is 95.5 Å². The number of carbonyl (C=O) groups is 1. The summed E-state index contributed by atoms with van der Waals surface area (Å²) in [5.41, 5.74) is 1.11. The van der Waals surface area contributed by atoms with E-state index in [1.54, 1.807) is 0 Å². The van der Waals surface area contributed by atoms with Crippen LogP contribution in [0, 0.1) is 0 Å². The minimum atomic E-state index is -2.48. The molecule has 0 aromatic heterocycles. The van der Waals surface area contributed by atoms with Gasteiger partial charge in [-0.05, 0) is 12.0 Å². The van der Waals surface area contributed by atoms with E-state index < -0.39 is 8.25 Å². The molecule has 0 amide bonds. The van der Waals surface area contributed by atoms with E-state index in [0.717, 1.165) is 5.56 Å². The van der Waals surface area contributed by atoms with Crippen LogP contribution >= 0.6 is 8.25 Å². The average Bonchev–Trinajstić information content (AvgIpc) is 2.34. The van der Waals surface area contributed by atoms with Crippen molar-refractivity contribution in [1.29, 1.82) is 0 Å². The first-order chi connectivity index (χ1) is 7.72. The lowest BCUT2D eigenvalue weighted by Gasteiger charge is -2.02. The third-order valence-corrected chi connectivity index (χ3v) is 2.77. The molecule has 88 valence electrons. The predicted molar refractivity (Wildman–Crippen MR) is 61.7 cm³/mol. The van der Waals surface area contributed by atoms with Crippen molar-refractivity contribution >= 4 is 14.0 Å². The molecule has 5 heteroatoms. The monoisotopic (exact) mass is 242 g/mol. The maximum Gasteiger partial charge on any atom is 0.319 e. The smallest absolute Gasteiger partial charge is 0.314 e. The Balaban J connectivity index is 2.23. The van der Waals surface area contributed by atoms with Crippen LogP contribution in [0.15, 0.2) is 30.3 Å². The summed E-state index contributed by atoms with van der Waals surface area (Å²) in [6, 6.07) is 9.72. The average molecular weight is 242 g/mol. The summed E-state index contributed by atoms with van der Waals surface area (Å²) in [5, 5.41) is 0. The van der Waals surface area contributed by atoms with Crippen LogP contribution in [0.2, 0.25) is 0 Å². The van der Waals surface area contributed by atoms with Crippen LogP contribution in [0.4, 0.5) is 0 Å². The molecule has 0 heterocycles. The number of benzene rings is 1. The molecule has 0 radical (unpaired) electrons. The molecule has 16 heavy (non-hydrogen) atoms. The Kier molecular flexibility index (Phi) is 6.01. The predicted octanol–water partition coefficient (Wildman–Crippen LogP) is 2.24. The van der Waals surface area contributed by atoms with Crippen LogP contribution in [0.25, 0.3) is 0 Å². The lowest BCUT2D eigenvalue weighted by atomic mass is 10.1. The van der Waals surface area contributed by atoms with Gasteiger partial charge in [0.15, 0.2) is 5.78 Å². The fraction of sp³-hybridized carbons (Fsp3) is 0.364. The van der Waals surface area contributed by atoms with Gasteiger partial charge in [0.2, 0.25) is 0 Å². The van der Waals surface area contributed by atoms with Crippen LogP contribution in [0.5, 0.6) is 0 Å². The first-order valence-electron chi connectivity index (χ1n) is 4.98. The molecular weight excluding hydrogens is 227 g/mol. The van der Waals surface area contributed by atoms with Crippen molar-refractivity contribution in [3.63, 3.8) is 0 Å². The van der Waals surface area contributed by atoms with Gasteiger partial charge < -0.3 is 9.05 Å². The quantitative estimate of drug-likeness (QED) is 0.688. The van der Waals surface area contributed by atoms with Crippen molar-refractivity contribution in [3.05, 3.63) is 35.9 Å². The van der Waals surface area contributed by atoms with Gasteiger partial charge in [-0.25, -0.2) is 0 Å². The van der Waals surface area contributed by atoms with Gasteiger partial charge in [-0.3, -0.25) is 9.36 Å². The summed E-state index contributed by atoms with van der Waals surface area (Å²) < 4.78 is 19.9. The van der Waals surface area contributed by atoms with E-state index >= 15 is 0 Å². The molecule has 1 atom stereocenters. The van der Waals surface area contributed by atoms with E-state index in [1.807, 2.05) is 30.3 Å². The highest BCUT2D eigenvalue weighted by atomic mass is 31.1. The lowest BCUT2D eigenvalue weighted by molar-refractivity contribution is -0.121. The molecule has 1 unspecified atom stereocenters. The standard InChI is InChI=1S/C11H15O4P/c1-14-16(13)15-9-11(12)8-7-10-5-3-2-4-6-10/h2-6,16H,7-9H2,1H3. The molecule has 1 rings (SSSR count). The number of rotatable bonds is 7. The molecule has 0 saturated heterocycles. The van der Waals surface area contributed by atoms with Crippen LogP contribution in [-0.4, -0.2) is 19.5 Å². The largest absolute Gasteiger partial charge is 0.319 e. The van der Waals surface area contributed by atoms with Gasteiger partial charge in [0.05, 0.1) is 0 Å². The van der Waals surface area contributed by atoms with E-state index in [1.165, 1.54) is 7.11 Å². The Morgan fingerprint density at radius 1 is 1.31 bits per heavy atom. The van der Waals surface area contributed by atoms with E-state index in [0.29, 0.717) is 12.8 Å². The molecule has 0 fully saturated rings. The third kappa shape index (κ3) is 5.21. The third-order valence-electron chi connectivity index (χ3n) is 2.05. The van der Waals surface area contributed by atoms with Crippen LogP contribution in [-0.2, 0) is 24.8 Å². The van der Waals surface area contributed by atoms with Crippen LogP contribution < -0.4 is 0 Å². The summed E-state index contributed by atoms with van der Waals surface area (Å²) in [6.45, 7) is -0.140. The molecule has 0 N–H and O–H groups in total. The molecular formula is C11H15O4P. The van der Waals surface area contributed by atoms with Gasteiger partial charge in [0.1, 0.15) is 6.61 Å². The first-order valence-corrected chi connectivity index (χ1v) is 6.21. The van der Waals surface area contributed by atoms with E-state index in [-0.39, 0.29) is 12.4 Å². The highest BCUT2D eigenvalue weighted by molar-refractivity contribution is 7.33. The molecule has 0 aliphatic carbocycles. The van der Waals surface area contributed by atoms with Crippen LogP contribution in [0.3, 0.4) is 0 Å². The number of Topliss-reactive ketones (excluding diaryl/α,β-unsaturated/α-hetero) is 1. The fourth-order valence-corrected chi connectivity index (χ4v) is 1.60. The van der Waals surface area contributed by atoms with E-state index in [4.69, 9.17) is 4.52 Å². The van der Waals surface area contributed by atoms with Crippen molar-refractivity contribution < 1.29 is 18.4 Å². The number of carbonyl (C=O) groups excluding carboxylic acids is 1. The van der Waals surface area contributed by atoms with Crippen LogP contribution in [0.1, 0.15) is 12.0 Å². The highest BCUT2D eigenvalue weighted by Gasteiger charge is 2.05. The molecule has 4 nitrogen and oxygen atoms in total. The van der Waals surface area contributed by atoms with Gasteiger partial charge >= 0.3 is 8.25 Å². The van der Waals surface area contributed by atoms with Gasteiger partial charge in [-0.15, -0.1) is 0 Å². The van der Waals surface area contributed by atoms with Crippen molar-refractivity contribution in [3.8, 4) is 0 Å². The van der Waals surface area contributed by atoms with Crippen molar-refractivity contribution in [2.24, 2.45) is 0 Å². The van der Waals surface area contributed by atoms with Crippen molar-refractivity contribution in [1.82, 2.24) is 0 Å². The topological polar surface area (TPSA) is 52.6 Å². The number of hydrogen-bond acceptors (Lipinski definition) is 4. The molecule has 0 spiro atoms. The van der Waals surface area contributed by atoms with Crippen molar-refractivity contribution in [2.45, 2.75) is 12.8 Å². The van der Waals surface area contributed by atoms with E-state index in [2.05, 4.69) is 4.52 Å². The summed E-state index contributed by atoms with van der Waals surface area (Å²) in [6.07, 6.45) is 1.07. The van der Waals surface area contributed by atoms with Gasteiger partial charge in [-0.1, -0.05) is 30.3 Å². The number of ketones is 1. The number of hydrogen-bond donors (Lipinski definition) is 0. The van der Waals surface area contributed by atoms with E-state index in [9.17, 15) is 9.36 Å². The summed E-state index contributed by atoms with van der Waals surface area (Å²) >= 11 is 0. The first kappa shape index (κ1) is 13.1. The molecule has 0 aliphatic rings. The molecule has 0 aliphatic heterocycles. The van der Waals surface area contributed by atoms with Gasteiger partial charge in [-0.2, -0.15) is 0 Å². The zero-order valence-corrected chi connectivity index (χ0v) is 10.1. The number of aryl methyl sites for hydroxylation is 1. The Bertz CT molecular complexity index is 350. The minimum absolute atomic E-state index is 0.0701. The lowest BCUT2D eigenvalue weighted by Crippen LogP contribution is -2.06. The molecule has 0 saturated carbocycles. The molecule has 1 aromatic rings. The second-order valence-corrected chi connectivity index (χ2v) is 4.46. The maximum atomic E-state index is 11.3. The Hall–Kier alpha value is -0.960. The molecule has 1 aromatic carbocycles. The summed E-state index contributed by atoms with van der Waals surface area (Å²) in [5.74, 6) is -0.0701. The zero-order chi connectivity index (χ0) is 11.8. The normalized spacial score (nSPS) is 12.3. The summed E-state index contributed by atoms with van der Waals surface area (Å²) in [7, 11) is -1.19. The Morgan fingerprint density at radius 3 is 2.62 bits per heavy atom. The SMILES string of the molecule is CO[PH](=O)OCC(=O)CCc1ccccc1. The fourth-order valence-electron chi connectivity index (χ4n) is 1.20. The molecule has 0 bridgehead atoms. The minimum Gasteiger partial charge on any atom is -0.314 e. The zero-order valence-electron chi connectivity index (χ0n) is 9.14. The van der Waals surface area contributed by atoms with Gasteiger partial charge in [0, 0.05) is 13.5 Å². The second kappa shape index (κ2) is 7.34. The maximum absolute atomic E-state index is 11.3. The Morgan fingerprint density at radius 2 is 2.00 bits per heavy atom. The highest BCUT2D eigenvalue weighted by Crippen LogP contribution is 2.21. The van der Waals surface area contributed by atoms with Crippen molar-refractivity contribution in [2.75, 3.05) is 13.7 Å². The summed E-state index contributed by atoms with van der Waals surface area (Å²) in [4.78, 5) is 11.3. The van der Waals surface area contributed by atoms with Gasteiger partial charge in [0.25, 0.3) is 0 Å².